The minimum atomic E-state index is -0.478. The van der Waals surface area contributed by atoms with Crippen LogP contribution in [0, 0.1) is 0 Å². The molecular formula is C26H33N3O2. The zero-order chi connectivity index (χ0) is 22.0. The van der Waals surface area contributed by atoms with Crippen molar-refractivity contribution in [1.82, 2.24) is 14.7 Å². The Bertz CT molecular complexity index is 862. The smallest absolute Gasteiger partial charge is 0.410 e. The Morgan fingerprint density at radius 3 is 2.00 bits per heavy atom. The molecule has 0 aromatic heterocycles. The van der Waals surface area contributed by atoms with Crippen molar-refractivity contribution in [2.24, 2.45) is 0 Å². The molecule has 31 heavy (non-hydrogen) atoms. The van der Waals surface area contributed by atoms with Gasteiger partial charge in [0.25, 0.3) is 0 Å². The van der Waals surface area contributed by atoms with Crippen LogP contribution in [-0.4, -0.2) is 65.2 Å². The normalized spacial score (nSPS) is 18.3. The lowest BCUT2D eigenvalue weighted by Gasteiger charge is -2.52. The summed E-state index contributed by atoms with van der Waals surface area (Å²) in [7, 11) is 0. The van der Waals surface area contributed by atoms with Crippen molar-refractivity contribution in [3.63, 3.8) is 0 Å². The van der Waals surface area contributed by atoms with E-state index < -0.39 is 5.60 Å². The summed E-state index contributed by atoms with van der Waals surface area (Å²) < 4.78 is 5.53. The van der Waals surface area contributed by atoms with Crippen LogP contribution < -0.4 is 0 Å². The van der Waals surface area contributed by atoms with Gasteiger partial charge in [0.2, 0.25) is 0 Å². The molecular weight excluding hydrogens is 386 g/mol. The summed E-state index contributed by atoms with van der Waals surface area (Å²) in [6.07, 6.45) is -0.253. The summed E-state index contributed by atoms with van der Waals surface area (Å²) in [6.45, 7) is 13.9. The highest BCUT2D eigenvalue weighted by atomic mass is 16.6. The quantitative estimate of drug-likeness (QED) is 0.730. The highest BCUT2D eigenvalue weighted by Gasteiger charge is 2.39. The van der Waals surface area contributed by atoms with Gasteiger partial charge in [0.1, 0.15) is 5.60 Å². The fourth-order valence-corrected chi connectivity index (χ4v) is 4.48. The lowest BCUT2D eigenvalue weighted by molar-refractivity contribution is -0.00351. The van der Waals surface area contributed by atoms with E-state index in [1.165, 1.54) is 11.1 Å². The topological polar surface area (TPSA) is 36.0 Å². The Balaban J connectivity index is 1.39. The van der Waals surface area contributed by atoms with Gasteiger partial charge in [-0.05, 0) is 31.9 Å². The molecule has 0 spiro atoms. The second kappa shape index (κ2) is 8.75. The van der Waals surface area contributed by atoms with Gasteiger partial charge in [0.15, 0.2) is 0 Å². The van der Waals surface area contributed by atoms with Crippen LogP contribution in [0.5, 0.6) is 0 Å². The van der Waals surface area contributed by atoms with Gasteiger partial charge in [0.05, 0.1) is 18.6 Å². The summed E-state index contributed by atoms with van der Waals surface area (Å²) in [5, 5.41) is 0. The van der Waals surface area contributed by atoms with Crippen LogP contribution in [0.15, 0.2) is 72.9 Å². The first-order valence-corrected chi connectivity index (χ1v) is 11.1. The molecule has 2 aromatic rings. The maximum Gasteiger partial charge on any atom is 0.410 e. The van der Waals surface area contributed by atoms with Crippen molar-refractivity contribution in [2.75, 3.05) is 32.7 Å². The van der Waals surface area contributed by atoms with E-state index in [1.807, 2.05) is 20.8 Å². The molecule has 0 saturated carbocycles. The average Bonchev–Trinajstić information content (AvgIpc) is 2.71. The molecule has 0 aliphatic carbocycles. The van der Waals surface area contributed by atoms with Crippen molar-refractivity contribution in [2.45, 2.75) is 38.5 Å². The minimum Gasteiger partial charge on any atom is -0.444 e. The molecule has 2 aliphatic rings. The molecule has 2 heterocycles. The number of carbonyl (C=O) groups is 1. The third kappa shape index (κ3) is 4.93. The minimum absolute atomic E-state index is 0.253. The Kier molecular flexibility index (Phi) is 6.05. The number of carbonyl (C=O) groups excluding carboxylic acids is 1. The number of piperazine rings is 1. The number of likely N-dealkylation sites (tertiary alicyclic amines) is 1. The van der Waals surface area contributed by atoms with Crippen LogP contribution in [0.2, 0.25) is 0 Å². The molecule has 164 valence electrons. The number of rotatable bonds is 4. The van der Waals surface area contributed by atoms with Crippen molar-refractivity contribution in [3.05, 3.63) is 84.1 Å². The first kappa shape index (κ1) is 21.4. The van der Waals surface area contributed by atoms with E-state index in [4.69, 9.17) is 4.74 Å². The van der Waals surface area contributed by atoms with Crippen molar-refractivity contribution >= 4 is 6.09 Å². The van der Waals surface area contributed by atoms with Crippen LogP contribution >= 0.6 is 0 Å². The molecule has 2 saturated heterocycles. The fourth-order valence-electron chi connectivity index (χ4n) is 4.48. The maximum absolute atomic E-state index is 12.4. The molecule has 0 atom stereocenters. The summed E-state index contributed by atoms with van der Waals surface area (Å²) in [5.41, 5.74) is 3.16. The Morgan fingerprint density at radius 1 is 0.968 bits per heavy atom. The van der Waals surface area contributed by atoms with Gasteiger partial charge in [-0.1, -0.05) is 67.2 Å². The number of nitrogens with zero attached hydrogens (tertiary/aromatic N) is 3. The van der Waals surface area contributed by atoms with Gasteiger partial charge < -0.3 is 14.5 Å². The summed E-state index contributed by atoms with van der Waals surface area (Å²) in [6, 6.07) is 22.1. The average molecular weight is 420 g/mol. The van der Waals surface area contributed by atoms with Gasteiger partial charge in [-0.15, -0.1) is 0 Å². The van der Waals surface area contributed by atoms with Crippen molar-refractivity contribution in [3.8, 4) is 0 Å². The van der Waals surface area contributed by atoms with Crippen LogP contribution in [0.25, 0.3) is 0 Å². The number of amides is 1. The number of benzene rings is 2. The van der Waals surface area contributed by atoms with Crippen LogP contribution in [0.1, 0.15) is 37.9 Å². The highest BCUT2D eigenvalue weighted by molar-refractivity contribution is 5.68. The summed E-state index contributed by atoms with van der Waals surface area (Å²) in [4.78, 5) is 19.1. The summed E-state index contributed by atoms with van der Waals surface area (Å²) >= 11 is 0. The lowest BCUT2D eigenvalue weighted by atomic mass is 9.92. The molecule has 0 bridgehead atoms. The third-order valence-corrected chi connectivity index (χ3v) is 5.97. The largest absolute Gasteiger partial charge is 0.444 e. The molecule has 2 fully saturated rings. The van der Waals surface area contributed by atoms with E-state index in [1.54, 1.807) is 4.90 Å². The van der Waals surface area contributed by atoms with E-state index in [2.05, 4.69) is 77.0 Å². The van der Waals surface area contributed by atoms with E-state index in [0.29, 0.717) is 19.1 Å². The molecule has 5 nitrogen and oxygen atoms in total. The molecule has 5 heteroatoms. The van der Waals surface area contributed by atoms with Gasteiger partial charge in [0, 0.05) is 31.9 Å². The lowest BCUT2D eigenvalue weighted by Crippen LogP contribution is -2.63. The number of hydrogen-bond donors (Lipinski definition) is 0. The zero-order valence-corrected chi connectivity index (χ0v) is 18.8. The Hall–Kier alpha value is -2.79. The zero-order valence-electron chi connectivity index (χ0n) is 18.8. The first-order valence-electron chi connectivity index (χ1n) is 11.1. The van der Waals surface area contributed by atoms with E-state index in [9.17, 15) is 4.79 Å². The van der Waals surface area contributed by atoms with Gasteiger partial charge in [-0.3, -0.25) is 4.90 Å². The molecule has 0 N–H and O–H groups in total. The SMILES string of the molecule is C=C1CN(C(=O)OC(C)(C)C)CCN1C1CN(C(c2ccccc2)c2ccccc2)C1. The van der Waals surface area contributed by atoms with E-state index >= 15 is 0 Å². The maximum atomic E-state index is 12.4. The van der Waals surface area contributed by atoms with Crippen LogP contribution in [0.3, 0.4) is 0 Å². The van der Waals surface area contributed by atoms with E-state index in [-0.39, 0.29) is 12.1 Å². The molecule has 4 rings (SSSR count). The molecule has 2 aliphatic heterocycles. The van der Waals surface area contributed by atoms with Crippen molar-refractivity contribution in [1.29, 1.82) is 0 Å². The molecule has 2 aromatic carbocycles. The summed E-state index contributed by atoms with van der Waals surface area (Å²) in [5.74, 6) is 0. The predicted molar refractivity (Wildman–Crippen MR) is 124 cm³/mol. The predicted octanol–water partition coefficient (Wildman–Crippen LogP) is 4.53. The highest BCUT2D eigenvalue weighted by Crippen LogP contribution is 2.34. The van der Waals surface area contributed by atoms with Crippen LogP contribution in [0.4, 0.5) is 4.79 Å². The molecule has 0 radical (unpaired) electrons. The van der Waals surface area contributed by atoms with Gasteiger partial charge in [-0.2, -0.15) is 0 Å². The van der Waals surface area contributed by atoms with E-state index in [0.717, 1.165) is 25.3 Å². The third-order valence-electron chi connectivity index (χ3n) is 5.97. The number of ether oxygens (including phenoxy) is 1. The van der Waals surface area contributed by atoms with Crippen LogP contribution in [-0.2, 0) is 4.74 Å². The monoisotopic (exact) mass is 419 g/mol. The second-order valence-electron chi connectivity index (χ2n) is 9.49. The van der Waals surface area contributed by atoms with Gasteiger partial charge in [-0.25, -0.2) is 4.79 Å². The Morgan fingerprint density at radius 2 is 1.52 bits per heavy atom. The molecule has 1 amide bonds. The van der Waals surface area contributed by atoms with Crippen molar-refractivity contribution < 1.29 is 9.53 Å². The first-order chi connectivity index (χ1) is 14.8. The van der Waals surface area contributed by atoms with Gasteiger partial charge >= 0.3 is 6.09 Å². The second-order valence-corrected chi connectivity index (χ2v) is 9.49. The fraction of sp³-hybridized carbons (Fsp3) is 0.423. The standard InChI is InChI=1S/C26H33N3O2/c1-20-17-27(25(30)31-26(2,3)4)15-16-29(20)23-18-28(19-23)24(21-11-7-5-8-12-21)22-13-9-6-10-14-22/h5-14,23-24H,1,15-19H2,2-4H3. The molecule has 0 unspecified atom stereocenters. The Labute approximate surface area is 185 Å². The number of hydrogen-bond acceptors (Lipinski definition) is 4.